The fourth-order valence-electron chi connectivity index (χ4n) is 3.22. The summed E-state index contributed by atoms with van der Waals surface area (Å²) in [5.41, 5.74) is 2.08. The highest BCUT2D eigenvalue weighted by molar-refractivity contribution is 6.31. The molecule has 0 aliphatic heterocycles. The van der Waals surface area contributed by atoms with E-state index in [-0.39, 0.29) is 0 Å². The second-order valence-corrected chi connectivity index (χ2v) is 7.44. The molecular weight excluding hydrogens is 369 g/mol. The Morgan fingerprint density at radius 3 is 2.38 bits per heavy atom. The molecule has 1 N–H and O–H groups in total. The maximum atomic E-state index is 6.50. The highest BCUT2D eigenvalue weighted by Crippen LogP contribution is 2.34. The van der Waals surface area contributed by atoms with Gasteiger partial charge < -0.3 is 14.8 Å². The van der Waals surface area contributed by atoms with Gasteiger partial charge in [-0.3, -0.25) is 0 Å². The third kappa shape index (κ3) is 5.29. The van der Waals surface area contributed by atoms with Gasteiger partial charge in [-0.05, 0) is 49.1 Å². The molecule has 1 aliphatic carbocycles. The quantitative estimate of drug-likeness (QED) is 0.595. The highest BCUT2D eigenvalue weighted by atomic mass is 35.5. The minimum atomic E-state index is 0.438. The summed E-state index contributed by atoms with van der Waals surface area (Å²) in [6.45, 7) is 3.73. The van der Waals surface area contributed by atoms with Gasteiger partial charge >= 0.3 is 0 Å². The molecule has 140 valence electrons. The lowest BCUT2D eigenvalue weighted by molar-refractivity contribution is 0.269. The molecule has 0 unspecified atom stereocenters. The maximum Gasteiger partial charge on any atom is 0.163 e. The molecule has 26 heavy (non-hydrogen) atoms. The molecule has 5 heteroatoms. The van der Waals surface area contributed by atoms with Crippen molar-refractivity contribution in [2.45, 2.75) is 51.8 Å². The van der Waals surface area contributed by atoms with Gasteiger partial charge in [0.2, 0.25) is 0 Å². The highest BCUT2D eigenvalue weighted by Gasteiger charge is 2.16. The van der Waals surface area contributed by atoms with E-state index in [9.17, 15) is 0 Å². The third-order valence-corrected chi connectivity index (χ3v) is 5.26. The first-order chi connectivity index (χ1) is 12.7. The summed E-state index contributed by atoms with van der Waals surface area (Å²) < 4.78 is 11.7. The van der Waals surface area contributed by atoms with Crippen molar-refractivity contribution < 1.29 is 9.47 Å². The van der Waals surface area contributed by atoms with Gasteiger partial charge in [-0.1, -0.05) is 48.2 Å². The van der Waals surface area contributed by atoms with Crippen molar-refractivity contribution in [3.63, 3.8) is 0 Å². The average molecular weight is 394 g/mol. The molecular formula is C21H25Cl2NO2. The fraction of sp³-hybridized carbons (Fsp3) is 0.429. The molecule has 0 bridgehead atoms. The fourth-order valence-corrected chi connectivity index (χ4v) is 3.57. The molecule has 0 amide bonds. The van der Waals surface area contributed by atoms with Crippen LogP contribution in [-0.4, -0.2) is 12.6 Å². The predicted octanol–water partition coefficient (Wildman–Crippen LogP) is 6.00. The van der Waals surface area contributed by atoms with Gasteiger partial charge in [-0.2, -0.15) is 0 Å². The molecule has 1 aliphatic rings. The van der Waals surface area contributed by atoms with E-state index in [4.69, 9.17) is 32.7 Å². The first-order valence-corrected chi connectivity index (χ1v) is 9.97. The number of ether oxygens (including phenoxy) is 2. The Morgan fingerprint density at radius 2 is 1.69 bits per heavy atom. The molecule has 1 saturated carbocycles. The molecule has 3 nitrogen and oxygen atoms in total. The average Bonchev–Trinajstić information content (AvgIpc) is 3.15. The monoisotopic (exact) mass is 393 g/mol. The van der Waals surface area contributed by atoms with Crippen LogP contribution in [0.1, 0.15) is 43.7 Å². The van der Waals surface area contributed by atoms with Gasteiger partial charge in [-0.15, -0.1) is 0 Å². The van der Waals surface area contributed by atoms with E-state index in [1.165, 1.54) is 25.7 Å². The van der Waals surface area contributed by atoms with Gasteiger partial charge in [-0.25, -0.2) is 0 Å². The van der Waals surface area contributed by atoms with Gasteiger partial charge in [0.05, 0.1) is 6.61 Å². The lowest BCUT2D eigenvalue weighted by atomic mass is 10.1. The molecule has 0 atom stereocenters. The van der Waals surface area contributed by atoms with Crippen LogP contribution in [0.4, 0.5) is 0 Å². The van der Waals surface area contributed by atoms with E-state index in [1.807, 2.05) is 43.3 Å². The molecule has 1 fully saturated rings. The second kappa shape index (κ2) is 9.50. The van der Waals surface area contributed by atoms with Crippen LogP contribution in [0.2, 0.25) is 10.0 Å². The first kappa shape index (κ1) is 19.3. The van der Waals surface area contributed by atoms with Crippen molar-refractivity contribution in [3.8, 4) is 11.5 Å². The van der Waals surface area contributed by atoms with Gasteiger partial charge in [0.1, 0.15) is 6.61 Å². The zero-order chi connectivity index (χ0) is 18.4. The Kier molecular flexibility index (Phi) is 7.07. The number of hydrogen-bond acceptors (Lipinski definition) is 3. The zero-order valence-corrected chi connectivity index (χ0v) is 16.6. The minimum absolute atomic E-state index is 0.438. The van der Waals surface area contributed by atoms with Crippen molar-refractivity contribution >= 4 is 23.2 Å². The van der Waals surface area contributed by atoms with Crippen molar-refractivity contribution in [3.05, 3.63) is 57.6 Å². The molecule has 0 spiro atoms. The number of nitrogens with one attached hydrogen (secondary N) is 1. The van der Waals surface area contributed by atoms with Crippen LogP contribution < -0.4 is 14.8 Å². The topological polar surface area (TPSA) is 30.5 Å². The second-order valence-electron chi connectivity index (χ2n) is 6.60. The van der Waals surface area contributed by atoms with Crippen molar-refractivity contribution in [1.29, 1.82) is 0 Å². The Bertz CT molecular complexity index is 713. The van der Waals surface area contributed by atoms with Gasteiger partial charge in [0.25, 0.3) is 0 Å². The summed E-state index contributed by atoms with van der Waals surface area (Å²) in [7, 11) is 0. The van der Waals surface area contributed by atoms with Crippen LogP contribution in [-0.2, 0) is 13.2 Å². The number of halogens is 2. The SMILES string of the molecule is CCOc1cc(CNC2CCCC2)c(Cl)cc1OCc1ccc(Cl)cc1. The van der Waals surface area contributed by atoms with Crippen molar-refractivity contribution in [2.24, 2.45) is 0 Å². The number of hydrogen-bond donors (Lipinski definition) is 1. The summed E-state index contributed by atoms with van der Waals surface area (Å²) >= 11 is 12.4. The smallest absolute Gasteiger partial charge is 0.163 e. The minimum Gasteiger partial charge on any atom is -0.490 e. The van der Waals surface area contributed by atoms with Crippen LogP contribution in [0.3, 0.4) is 0 Å². The van der Waals surface area contributed by atoms with Crippen LogP contribution in [0.15, 0.2) is 36.4 Å². The van der Waals surface area contributed by atoms with E-state index in [0.717, 1.165) is 23.4 Å². The van der Waals surface area contributed by atoms with Crippen molar-refractivity contribution in [2.75, 3.05) is 6.61 Å². The Hall–Kier alpha value is -1.42. The van der Waals surface area contributed by atoms with E-state index in [2.05, 4.69) is 5.32 Å². The third-order valence-electron chi connectivity index (χ3n) is 4.66. The van der Waals surface area contributed by atoms with Crippen LogP contribution in [0.25, 0.3) is 0 Å². The molecule has 2 aromatic rings. The molecule has 3 rings (SSSR count). The summed E-state index contributed by atoms with van der Waals surface area (Å²) in [5.74, 6) is 1.39. The van der Waals surface area contributed by atoms with Crippen molar-refractivity contribution in [1.82, 2.24) is 5.32 Å². The predicted molar refractivity (Wildman–Crippen MR) is 108 cm³/mol. The number of benzene rings is 2. The Labute approximate surface area is 165 Å². The normalized spacial score (nSPS) is 14.6. The lowest BCUT2D eigenvalue weighted by Crippen LogP contribution is -2.25. The number of rotatable bonds is 8. The summed E-state index contributed by atoms with van der Waals surface area (Å²) in [6, 6.07) is 12.1. The Balaban J connectivity index is 1.69. The zero-order valence-electron chi connectivity index (χ0n) is 15.1. The van der Waals surface area contributed by atoms with E-state index < -0.39 is 0 Å². The van der Waals surface area contributed by atoms with Gasteiger partial charge in [0, 0.05) is 28.7 Å². The largest absolute Gasteiger partial charge is 0.490 e. The van der Waals surface area contributed by atoms with E-state index >= 15 is 0 Å². The van der Waals surface area contributed by atoms with Gasteiger partial charge in [0.15, 0.2) is 11.5 Å². The molecule has 2 aromatic carbocycles. The van der Waals surface area contributed by atoms with E-state index in [0.29, 0.717) is 35.1 Å². The molecule has 0 aromatic heterocycles. The van der Waals surface area contributed by atoms with Crippen LogP contribution >= 0.6 is 23.2 Å². The standard InChI is InChI=1S/C21H25Cl2NO2/c1-2-25-20-11-16(13-24-18-5-3-4-6-18)19(23)12-21(20)26-14-15-7-9-17(22)10-8-15/h7-12,18,24H,2-6,13-14H2,1H3. The summed E-state index contributed by atoms with van der Waals surface area (Å²) in [5, 5.41) is 5.01. The van der Waals surface area contributed by atoms with Crippen LogP contribution in [0.5, 0.6) is 11.5 Å². The summed E-state index contributed by atoms with van der Waals surface area (Å²) in [4.78, 5) is 0. The maximum absolute atomic E-state index is 6.50. The first-order valence-electron chi connectivity index (χ1n) is 9.21. The Morgan fingerprint density at radius 1 is 1.00 bits per heavy atom. The molecule has 0 heterocycles. The molecule has 0 radical (unpaired) electrons. The summed E-state index contributed by atoms with van der Waals surface area (Å²) in [6.07, 6.45) is 5.12. The molecule has 0 saturated heterocycles. The lowest BCUT2D eigenvalue weighted by Gasteiger charge is -2.17. The van der Waals surface area contributed by atoms with E-state index in [1.54, 1.807) is 0 Å². The van der Waals surface area contributed by atoms with Crippen LogP contribution in [0, 0.1) is 0 Å².